The summed E-state index contributed by atoms with van der Waals surface area (Å²) in [7, 11) is 0. The van der Waals surface area contributed by atoms with Gasteiger partial charge in [0, 0.05) is 0 Å². The number of primary amides is 1. The molecule has 0 fully saturated rings. The Kier molecular flexibility index (Phi) is 5.79. The molecule has 2 unspecified atom stereocenters. The summed E-state index contributed by atoms with van der Waals surface area (Å²) >= 11 is 0. The van der Waals surface area contributed by atoms with E-state index in [1.807, 2.05) is 0 Å². The summed E-state index contributed by atoms with van der Waals surface area (Å²) in [5, 5.41) is 10.9. The van der Waals surface area contributed by atoms with Gasteiger partial charge in [-0.15, -0.1) is 6.58 Å². The molecule has 0 aromatic carbocycles. The van der Waals surface area contributed by atoms with Gasteiger partial charge < -0.3 is 21.9 Å². The van der Waals surface area contributed by atoms with E-state index >= 15 is 0 Å². The van der Waals surface area contributed by atoms with Crippen LogP contribution in [-0.2, 0) is 14.4 Å². The maximum Gasteiger partial charge on any atom is 0.326 e. The number of nitrogens with two attached hydrogens (primary N) is 2. The van der Waals surface area contributed by atoms with Crippen molar-refractivity contribution in [2.24, 2.45) is 11.5 Å². The van der Waals surface area contributed by atoms with Crippen molar-refractivity contribution in [2.75, 3.05) is 0 Å². The van der Waals surface area contributed by atoms with Gasteiger partial charge in [0.1, 0.15) is 6.04 Å². The third-order valence-corrected chi connectivity index (χ3v) is 1.77. The van der Waals surface area contributed by atoms with Crippen molar-refractivity contribution in [3.63, 3.8) is 0 Å². The van der Waals surface area contributed by atoms with Crippen molar-refractivity contribution in [3.05, 3.63) is 12.7 Å². The number of amides is 2. The lowest BCUT2D eigenvalue weighted by molar-refractivity contribution is -0.141. The third kappa shape index (κ3) is 5.11. The molecule has 0 rings (SSSR count). The van der Waals surface area contributed by atoms with Crippen LogP contribution in [-0.4, -0.2) is 35.0 Å². The molecule has 0 aliphatic carbocycles. The Bertz CT molecular complexity index is 303. The topological polar surface area (TPSA) is 136 Å². The van der Waals surface area contributed by atoms with Crippen molar-refractivity contribution in [2.45, 2.75) is 24.9 Å². The minimum atomic E-state index is -1.19. The second-order valence-corrected chi connectivity index (χ2v) is 3.20. The molecule has 0 spiro atoms. The molecule has 2 amide bonds. The van der Waals surface area contributed by atoms with Crippen LogP contribution >= 0.6 is 0 Å². The average Bonchev–Trinajstić information content (AvgIpc) is 2.15. The number of nitrogens with one attached hydrogen (secondary N) is 1. The average molecular weight is 229 g/mol. The van der Waals surface area contributed by atoms with Crippen LogP contribution in [0, 0.1) is 0 Å². The molecule has 0 aliphatic heterocycles. The normalized spacial score (nSPS) is 13.6. The Morgan fingerprint density at radius 2 is 2.00 bits per heavy atom. The molecule has 0 aliphatic rings. The van der Waals surface area contributed by atoms with Gasteiger partial charge in [0.2, 0.25) is 11.8 Å². The van der Waals surface area contributed by atoms with E-state index in [-0.39, 0.29) is 12.8 Å². The van der Waals surface area contributed by atoms with E-state index < -0.39 is 29.9 Å². The second kappa shape index (κ2) is 6.57. The molecular weight excluding hydrogens is 214 g/mol. The summed E-state index contributed by atoms with van der Waals surface area (Å²) in [6.45, 7) is 3.36. The van der Waals surface area contributed by atoms with Gasteiger partial charge in [-0.2, -0.15) is 0 Å². The monoisotopic (exact) mass is 229 g/mol. The van der Waals surface area contributed by atoms with Crippen LogP contribution in [0.15, 0.2) is 12.7 Å². The minimum Gasteiger partial charge on any atom is -0.480 e. The van der Waals surface area contributed by atoms with E-state index in [0.29, 0.717) is 0 Å². The predicted octanol–water partition coefficient (Wildman–Crippen LogP) is -1.67. The number of carboxylic acid groups (broad SMARTS) is 1. The Labute approximate surface area is 92.5 Å². The van der Waals surface area contributed by atoms with Gasteiger partial charge in [-0.3, -0.25) is 9.59 Å². The molecule has 0 heterocycles. The predicted molar refractivity (Wildman–Crippen MR) is 56.2 cm³/mol. The molecule has 0 bridgehead atoms. The zero-order valence-electron chi connectivity index (χ0n) is 8.68. The van der Waals surface area contributed by atoms with E-state index in [4.69, 9.17) is 16.6 Å². The number of hydrogen-bond donors (Lipinski definition) is 4. The highest BCUT2D eigenvalue weighted by molar-refractivity contribution is 5.90. The summed E-state index contributed by atoms with van der Waals surface area (Å²) in [5.74, 6) is -2.65. The fourth-order valence-electron chi connectivity index (χ4n) is 0.976. The van der Waals surface area contributed by atoms with Gasteiger partial charge in [0.05, 0.1) is 12.5 Å². The first-order valence-corrected chi connectivity index (χ1v) is 4.56. The summed E-state index contributed by atoms with van der Waals surface area (Å²) in [6.07, 6.45) is 1.11. The number of hydrogen-bond acceptors (Lipinski definition) is 4. The van der Waals surface area contributed by atoms with Gasteiger partial charge in [-0.05, 0) is 6.42 Å². The first-order chi connectivity index (χ1) is 7.38. The lowest BCUT2D eigenvalue weighted by atomic mass is 10.1. The van der Waals surface area contributed by atoms with Gasteiger partial charge in [0.25, 0.3) is 0 Å². The highest BCUT2D eigenvalue weighted by atomic mass is 16.4. The van der Waals surface area contributed by atoms with Crippen LogP contribution in [0.2, 0.25) is 0 Å². The number of rotatable bonds is 7. The Morgan fingerprint density at radius 3 is 2.38 bits per heavy atom. The molecule has 0 aromatic heterocycles. The van der Waals surface area contributed by atoms with E-state index in [1.165, 1.54) is 6.08 Å². The van der Waals surface area contributed by atoms with Crippen LogP contribution in [0.1, 0.15) is 12.8 Å². The summed E-state index contributed by atoms with van der Waals surface area (Å²) in [4.78, 5) is 32.5. The molecule has 2 atom stereocenters. The van der Waals surface area contributed by atoms with Crippen molar-refractivity contribution in [1.82, 2.24) is 5.32 Å². The smallest absolute Gasteiger partial charge is 0.326 e. The van der Waals surface area contributed by atoms with Crippen molar-refractivity contribution >= 4 is 17.8 Å². The summed E-state index contributed by atoms with van der Waals surface area (Å²) < 4.78 is 0. The van der Waals surface area contributed by atoms with Crippen LogP contribution in [0.4, 0.5) is 0 Å². The van der Waals surface area contributed by atoms with Crippen molar-refractivity contribution < 1.29 is 19.5 Å². The molecule has 7 heteroatoms. The molecule has 6 N–H and O–H groups in total. The highest BCUT2D eigenvalue weighted by Crippen LogP contribution is 1.95. The van der Waals surface area contributed by atoms with Crippen molar-refractivity contribution in [3.8, 4) is 0 Å². The molecule has 0 aromatic rings. The van der Waals surface area contributed by atoms with Crippen molar-refractivity contribution in [1.29, 1.82) is 0 Å². The molecular formula is C9H15N3O4. The lowest BCUT2D eigenvalue weighted by Crippen LogP contribution is -2.49. The number of carboxylic acids is 1. The number of carbonyl (C=O) groups excluding carboxylic acids is 2. The van der Waals surface area contributed by atoms with Gasteiger partial charge in [0.15, 0.2) is 0 Å². The standard InChI is InChI=1S/C9H15N3O4/c1-2-3-6(9(15)16)12-8(14)5(10)4-7(11)13/h2,5-6H,1,3-4,10H2,(H2,11,13)(H,12,14)(H,15,16). The Morgan fingerprint density at radius 1 is 1.44 bits per heavy atom. The molecule has 16 heavy (non-hydrogen) atoms. The van der Waals surface area contributed by atoms with Gasteiger partial charge in [-0.25, -0.2) is 4.79 Å². The molecule has 7 nitrogen and oxygen atoms in total. The molecule has 90 valence electrons. The zero-order valence-corrected chi connectivity index (χ0v) is 8.68. The fourth-order valence-corrected chi connectivity index (χ4v) is 0.976. The lowest BCUT2D eigenvalue weighted by Gasteiger charge is -2.15. The SMILES string of the molecule is C=CCC(NC(=O)C(N)CC(N)=O)C(=O)O. The number of carbonyl (C=O) groups is 3. The summed E-state index contributed by atoms with van der Waals surface area (Å²) in [5.41, 5.74) is 10.2. The van der Waals surface area contributed by atoms with E-state index in [0.717, 1.165) is 0 Å². The first kappa shape index (κ1) is 14.1. The second-order valence-electron chi connectivity index (χ2n) is 3.20. The fraction of sp³-hybridized carbons (Fsp3) is 0.444. The van der Waals surface area contributed by atoms with Gasteiger partial charge >= 0.3 is 5.97 Å². The quantitative estimate of drug-likeness (QED) is 0.387. The minimum absolute atomic E-state index is 0.0738. The zero-order chi connectivity index (χ0) is 12.7. The van der Waals surface area contributed by atoms with Crippen LogP contribution in [0.3, 0.4) is 0 Å². The van der Waals surface area contributed by atoms with Gasteiger partial charge in [-0.1, -0.05) is 6.08 Å². The summed E-state index contributed by atoms with van der Waals surface area (Å²) in [6, 6.07) is -2.23. The van der Waals surface area contributed by atoms with E-state index in [1.54, 1.807) is 0 Å². The highest BCUT2D eigenvalue weighted by Gasteiger charge is 2.22. The maximum atomic E-state index is 11.3. The Hall–Kier alpha value is -1.89. The third-order valence-electron chi connectivity index (χ3n) is 1.77. The first-order valence-electron chi connectivity index (χ1n) is 4.56. The maximum absolute atomic E-state index is 11.3. The Balaban J connectivity index is 4.33. The van der Waals surface area contributed by atoms with E-state index in [2.05, 4.69) is 11.9 Å². The molecule has 0 radical (unpaired) electrons. The number of aliphatic carboxylic acids is 1. The van der Waals surface area contributed by atoms with Crippen LogP contribution in [0.25, 0.3) is 0 Å². The molecule has 0 saturated carbocycles. The van der Waals surface area contributed by atoms with Crippen LogP contribution < -0.4 is 16.8 Å². The molecule has 0 saturated heterocycles. The van der Waals surface area contributed by atoms with Crippen LogP contribution in [0.5, 0.6) is 0 Å². The largest absolute Gasteiger partial charge is 0.480 e. The van der Waals surface area contributed by atoms with E-state index in [9.17, 15) is 14.4 Å².